The first-order valence-electron chi connectivity index (χ1n) is 5.68. The summed E-state index contributed by atoms with van der Waals surface area (Å²) in [4.78, 5) is 10.9. The van der Waals surface area contributed by atoms with Crippen molar-refractivity contribution in [2.24, 2.45) is 11.6 Å². The molecular weight excluding hydrogens is 280 g/mol. The van der Waals surface area contributed by atoms with Crippen molar-refractivity contribution in [3.63, 3.8) is 0 Å². The molecule has 7 N–H and O–H groups in total. The Morgan fingerprint density at radius 1 is 1.15 bits per heavy atom. The second-order valence-electron chi connectivity index (χ2n) is 4.00. The number of carboxylic acid groups (broad SMARTS) is 1. The van der Waals surface area contributed by atoms with E-state index in [2.05, 4.69) is 5.32 Å². The summed E-state index contributed by atoms with van der Waals surface area (Å²) < 4.78 is 0. The fourth-order valence-corrected chi connectivity index (χ4v) is 2.06. The van der Waals surface area contributed by atoms with Gasteiger partial charge in [0.1, 0.15) is 5.82 Å². The Bertz CT molecular complexity index is 700. The van der Waals surface area contributed by atoms with Crippen LogP contribution in [-0.4, -0.2) is 11.1 Å². The minimum atomic E-state index is -1.25. The quantitative estimate of drug-likeness (QED) is 0.332. The summed E-state index contributed by atoms with van der Waals surface area (Å²) in [5.41, 5.74) is 8.07. The van der Waals surface area contributed by atoms with Crippen LogP contribution in [0.15, 0.2) is 47.9 Å². The zero-order valence-corrected chi connectivity index (χ0v) is 11.1. The van der Waals surface area contributed by atoms with Crippen LogP contribution in [0.25, 0.3) is 10.8 Å². The number of hydrogen-bond donors (Lipinski definition) is 5. The number of halogens is 1. The Kier molecular flexibility index (Phi) is 3.97. The van der Waals surface area contributed by atoms with Gasteiger partial charge >= 0.3 is 5.97 Å². The highest BCUT2D eigenvalue weighted by molar-refractivity contribution is 6.36. The molecule has 0 spiro atoms. The summed E-state index contributed by atoms with van der Waals surface area (Å²) in [5, 5.41) is 14.0. The lowest BCUT2D eigenvalue weighted by molar-refractivity contribution is -0.133. The van der Waals surface area contributed by atoms with E-state index < -0.39 is 5.97 Å². The van der Waals surface area contributed by atoms with Crippen LogP contribution in [0.3, 0.4) is 0 Å². The van der Waals surface area contributed by atoms with Gasteiger partial charge in [-0.05, 0) is 12.1 Å². The standard InChI is InChI=1S/C13H13ClN4O2/c14-9-5-6-10(8-4-2-1-3-7(8)9)17-12(15)11(18-16)13(19)20/h1-6,17-18H,15-16H2,(H,19,20)/b12-11+. The smallest absolute Gasteiger partial charge is 0.357 e. The van der Waals surface area contributed by atoms with Crippen molar-refractivity contribution < 1.29 is 9.90 Å². The van der Waals surface area contributed by atoms with Gasteiger partial charge in [-0.2, -0.15) is 0 Å². The minimum Gasteiger partial charge on any atom is -0.476 e. The fraction of sp³-hybridized carbons (Fsp3) is 0. The number of fused-ring (bicyclic) bond motifs is 1. The Morgan fingerprint density at radius 2 is 1.80 bits per heavy atom. The number of carboxylic acids is 1. The highest BCUT2D eigenvalue weighted by atomic mass is 35.5. The number of rotatable bonds is 4. The summed E-state index contributed by atoms with van der Waals surface area (Å²) >= 11 is 6.11. The highest BCUT2D eigenvalue weighted by Gasteiger charge is 2.12. The Balaban J connectivity index is 2.50. The molecule has 0 aromatic heterocycles. The fourth-order valence-electron chi connectivity index (χ4n) is 1.83. The van der Waals surface area contributed by atoms with Gasteiger partial charge < -0.3 is 21.6 Å². The minimum absolute atomic E-state index is 0.0903. The summed E-state index contributed by atoms with van der Waals surface area (Å²) in [7, 11) is 0. The van der Waals surface area contributed by atoms with Crippen molar-refractivity contribution in [3.8, 4) is 0 Å². The van der Waals surface area contributed by atoms with Gasteiger partial charge in [0.05, 0.1) is 0 Å². The third-order valence-corrected chi connectivity index (χ3v) is 3.10. The summed E-state index contributed by atoms with van der Waals surface area (Å²) in [6.07, 6.45) is 0. The Morgan fingerprint density at radius 3 is 2.40 bits per heavy atom. The number of nitrogens with two attached hydrogens (primary N) is 2. The van der Waals surface area contributed by atoms with Crippen LogP contribution in [-0.2, 0) is 4.79 Å². The number of nitrogens with one attached hydrogen (secondary N) is 2. The molecule has 0 aliphatic carbocycles. The summed E-state index contributed by atoms with van der Waals surface area (Å²) in [5.74, 6) is 3.79. The van der Waals surface area contributed by atoms with Crippen molar-refractivity contribution in [1.82, 2.24) is 5.43 Å². The Hall–Kier alpha value is -2.44. The maximum Gasteiger partial charge on any atom is 0.357 e. The molecule has 7 heteroatoms. The zero-order valence-electron chi connectivity index (χ0n) is 10.4. The van der Waals surface area contributed by atoms with E-state index in [4.69, 9.17) is 28.3 Å². The number of hydrogen-bond acceptors (Lipinski definition) is 5. The number of aliphatic carboxylic acids is 1. The van der Waals surface area contributed by atoms with Gasteiger partial charge in [0, 0.05) is 21.5 Å². The molecule has 0 radical (unpaired) electrons. The van der Waals surface area contributed by atoms with Crippen molar-refractivity contribution in [1.29, 1.82) is 0 Å². The molecule has 0 aliphatic heterocycles. The maximum atomic E-state index is 10.9. The molecule has 0 aliphatic rings. The van der Waals surface area contributed by atoms with Crippen LogP contribution in [0.1, 0.15) is 0 Å². The third-order valence-electron chi connectivity index (χ3n) is 2.77. The van der Waals surface area contributed by atoms with Gasteiger partial charge in [-0.3, -0.25) is 5.84 Å². The lowest BCUT2D eigenvalue weighted by Crippen LogP contribution is -2.32. The average molecular weight is 293 g/mol. The van der Waals surface area contributed by atoms with Gasteiger partial charge in [0.15, 0.2) is 5.70 Å². The van der Waals surface area contributed by atoms with E-state index in [0.29, 0.717) is 10.7 Å². The van der Waals surface area contributed by atoms with Crippen LogP contribution < -0.4 is 22.3 Å². The molecule has 2 aromatic carbocycles. The third kappa shape index (κ3) is 2.61. The zero-order chi connectivity index (χ0) is 14.7. The van der Waals surface area contributed by atoms with Gasteiger partial charge in [-0.1, -0.05) is 35.9 Å². The molecule has 104 valence electrons. The largest absolute Gasteiger partial charge is 0.476 e. The van der Waals surface area contributed by atoms with Crippen LogP contribution in [0, 0.1) is 0 Å². The molecule has 2 rings (SSSR count). The SMILES string of the molecule is NN/C(C(=O)O)=C(\N)Nc1ccc(Cl)c2ccccc12. The van der Waals surface area contributed by atoms with E-state index in [9.17, 15) is 4.79 Å². The van der Waals surface area contributed by atoms with Gasteiger partial charge in [-0.15, -0.1) is 0 Å². The van der Waals surface area contributed by atoms with Crippen molar-refractivity contribution >= 4 is 34.0 Å². The second-order valence-corrected chi connectivity index (χ2v) is 4.41. The van der Waals surface area contributed by atoms with Crippen LogP contribution in [0.4, 0.5) is 5.69 Å². The molecule has 0 unspecified atom stereocenters. The highest BCUT2D eigenvalue weighted by Crippen LogP contribution is 2.30. The van der Waals surface area contributed by atoms with Crippen molar-refractivity contribution in [3.05, 3.63) is 52.9 Å². The predicted molar refractivity (Wildman–Crippen MR) is 78.8 cm³/mol. The molecular formula is C13H13ClN4O2. The molecule has 0 amide bonds. The van der Waals surface area contributed by atoms with E-state index in [1.54, 1.807) is 12.1 Å². The first-order chi connectivity index (χ1) is 9.54. The van der Waals surface area contributed by atoms with Crippen LogP contribution >= 0.6 is 11.6 Å². The number of anilines is 1. The molecule has 6 nitrogen and oxygen atoms in total. The monoisotopic (exact) mass is 292 g/mol. The molecule has 20 heavy (non-hydrogen) atoms. The normalized spacial score (nSPS) is 11.9. The summed E-state index contributed by atoms with van der Waals surface area (Å²) in [6, 6.07) is 10.9. The van der Waals surface area contributed by atoms with Crippen LogP contribution in [0.5, 0.6) is 0 Å². The predicted octanol–water partition coefficient (Wildman–Crippen LogP) is 1.58. The topological polar surface area (TPSA) is 113 Å². The van der Waals surface area contributed by atoms with Gasteiger partial charge in [0.25, 0.3) is 0 Å². The number of hydrazine groups is 1. The molecule has 0 fully saturated rings. The Labute approximate surface area is 120 Å². The number of benzene rings is 2. The van der Waals surface area contributed by atoms with Gasteiger partial charge in [0.2, 0.25) is 0 Å². The molecule has 0 heterocycles. The van der Waals surface area contributed by atoms with E-state index in [1.165, 1.54) is 0 Å². The first-order valence-corrected chi connectivity index (χ1v) is 6.06. The lowest BCUT2D eigenvalue weighted by Gasteiger charge is -2.13. The van der Waals surface area contributed by atoms with Gasteiger partial charge in [-0.25, -0.2) is 4.79 Å². The van der Waals surface area contributed by atoms with E-state index >= 15 is 0 Å². The van der Waals surface area contributed by atoms with E-state index in [1.807, 2.05) is 29.7 Å². The van der Waals surface area contributed by atoms with E-state index in [0.717, 1.165) is 10.8 Å². The van der Waals surface area contributed by atoms with Crippen molar-refractivity contribution in [2.45, 2.75) is 0 Å². The lowest BCUT2D eigenvalue weighted by atomic mass is 10.1. The molecule has 2 aromatic rings. The maximum absolute atomic E-state index is 10.9. The average Bonchev–Trinajstić information content (AvgIpc) is 2.42. The molecule has 0 bridgehead atoms. The summed E-state index contributed by atoms with van der Waals surface area (Å²) in [6.45, 7) is 0. The van der Waals surface area contributed by atoms with Crippen molar-refractivity contribution in [2.75, 3.05) is 5.32 Å². The number of carbonyl (C=O) groups is 1. The molecule has 0 saturated heterocycles. The second kappa shape index (κ2) is 5.68. The first kappa shape index (κ1) is 14.0. The molecule has 0 atom stereocenters. The molecule has 0 saturated carbocycles. The van der Waals surface area contributed by atoms with Crippen LogP contribution in [0.2, 0.25) is 5.02 Å². The van der Waals surface area contributed by atoms with E-state index in [-0.39, 0.29) is 11.5 Å².